The van der Waals surface area contributed by atoms with Crippen LogP contribution in [0.5, 0.6) is 0 Å². The van der Waals surface area contributed by atoms with Crippen molar-refractivity contribution in [2.75, 3.05) is 23.8 Å². The Balaban J connectivity index is 2.25. The van der Waals surface area contributed by atoms with E-state index < -0.39 is 20.9 Å². The van der Waals surface area contributed by atoms with Crippen LogP contribution in [0.2, 0.25) is 0 Å². The Kier molecular flexibility index (Phi) is 5.02. The summed E-state index contributed by atoms with van der Waals surface area (Å²) in [5.41, 5.74) is 0.542. The van der Waals surface area contributed by atoms with Crippen LogP contribution in [-0.2, 0) is 18.6 Å². The van der Waals surface area contributed by atoms with Crippen molar-refractivity contribution in [3.8, 4) is 0 Å². The molecular weight excluding hydrogens is 332 g/mol. The van der Waals surface area contributed by atoms with Gasteiger partial charge in [-0.05, 0) is 13.0 Å². The number of anilines is 1. The minimum absolute atomic E-state index is 0.0586. The molecule has 1 aromatic heterocycles. The first kappa shape index (κ1) is 16.7. The number of hydrogen-bond donors (Lipinski definition) is 0. The lowest BCUT2D eigenvalue weighted by Crippen LogP contribution is -2.27. The van der Waals surface area contributed by atoms with Gasteiger partial charge >= 0.3 is 5.97 Å². The number of aromatic nitrogens is 1. The summed E-state index contributed by atoms with van der Waals surface area (Å²) < 4.78 is 27.2. The summed E-state index contributed by atoms with van der Waals surface area (Å²) in [5.74, 6) is -1.53. The molecule has 1 amide bonds. The average Bonchev–Trinajstić information content (AvgIpc) is 2.77. The first-order valence-electron chi connectivity index (χ1n) is 6.65. The Morgan fingerprint density at radius 2 is 2.27 bits per heavy atom. The number of pyridine rings is 1. The fraction of sp³-hybridized carbons (Fsp3) is 0.462. The van der Waals surface area contributed by atoms with Crippen molar-refractivity contribution in [1.82, 2.24) is 4.98 Å². The molecule has 0 aliphatic carbocycles. The van der Waals surface area contributed by atoms with Crippen molar-refractivity contribution in [1.29, 1.82) is 0 Å². The molecule has 1 unspecified atom stereocenters. The van der Waals surface area contributed by atoms with Crippen LogP contribution in [0, 0.1) is 5.92 Å². The lowest BCUT2D eigenvalue weighted by Gasteiger charge is -2.19. The zero-order chi connectivity index (χ0) is 16.3. The van der Waals surface area contributed by atoms with E-state index in [1.807, 2.05) is 0 Å². The minimum Gasteiger partial charge on any atom is -0.462 e. The molecule has 0 aromatic carbocycles. The number of nitrogens with zero attached hydrogens (tertiary/aromatic N) is 2. The minimum atomic E-state index is -3.69. The van der Waals surface area contributed by atoms with Crippen LogP contribution in [0.1, 0.15) is 23.7 Å². The quantitative estimate of drug-likeness (QED) is 0.587. The maximum absolute atomic E-state index is 12.1. The van der Waals surface area contributed by atoms with Crippen LogP contribution in [0.4, 0.5) is 5.69 Å². The SMILES string of the molecule is CCOC(=O)c1ccncc1N1CC(CS(=O)(=O)Cl)CC1=O. The molecule has 7 nitrogen and oxygen atoms in total. The van der Waals surface area contributed by atoms with Crippen molar-refractivity contribution in [3.63, 3.8) is 0 Å². The van der Waals surface area contributed by atoms with Gasteiger partial charge in [-0.1, -0.05) is 0 Å². The molecule has 1 saturated heterocycles. The molecule has 1 aliphatic heterocycles. The first-order valence-corrected chi connectivity index (χ1v) is 9.13. The Hall–Kier alpha value is -1.67. The molecule has 0 spiro atoms. The first-order chi connectivity index (χ1) is 10.3. The second-order valence-electron chi connectivity index (χ2n) is 4.89. The second-order valence-corrected chi connectivity index (χ2v) is 7.71. The van der Waals surface area contributed by atoms with Crippen molar-refractivity contribution < 1.29 is 22.7 Å². The number of carbonyl (C=O) groups is 2. The Bertz CT molecular complexity index is 691. The summed E-state index contributed by atoms with van der Waals surface area (Å²) in [7, 11) is 1.55. The van der Waals surface area contributed by atoms with Crippen LogP contribution >= 0.6 is 10.7 Å². The van der Waals surface area contributed by atoms with Gasteiger partial charge in [0.05, 0.1) is 29.8 Å². The maximum atomic E-state index is 12.1. The van der Waals surface area contributed by atoms with Gasteiger partial charge in [0.15, 0.2) is 0 Å². The molecule has 1 aromatic rings. The van der Waals surface area contributed by atoms with Crippen molar-refractivity contribution >= 4 is 37.3 Å². The van der Waals surface area contributed by atoms with Crippen LogP contribution < -0.4 is 4.90 Å². The fourth-order valence-electron chi connectivity index (χ4n) is 2.39. The van der Waals surface area contributed by atoms with Gasteiger partial charge in [0.1, 0.15) is 0 Å². The van der Waals surface area contributed by atoms with E-state index in [2.05, 4.69) is 4.98 Å². The van der Waals surface area contributed by atoms with Crippen molar-refractivity contribution in [2.45, 2.75) is 13.3 Å². The maximum Gasteiger partial charge on any atom is 0.340 e. The number of esters is 1. The third-order valence-electron chi connectivity index (χ3n) is 3.23. The van der Waals surface area contributed by atoms with Gasteiger partial charge in [0.2, 0.25) is 15.0 Å². The third-order valence-corrected chi connectivity index (χ3v) is 4.47. The summed E-state index contributed by atoms with van der Waals surface area (Å²) in [6.07, 6.45) is 2.88. The van der Waals surface area contributed by atoms with Gasteiger partial charge < -0.3 is 9.64 Å². The number of rotatable bonds is 5. The van der Waals surface area contributed by atoms with Gasteiger partial charge in [-0.15, -0.1) is 0 Å². The van der Waals surface area contributed by atoms with E-state index in [9.17, 15) is 18.0 Å². The van der Waals surface area contributed by atoms with Crippen LogP contribution in [-0.4, -0.2) is 44.2 Å². The van der Waals surface area contributed by atoms with E-state index in [1.54, 1.807) is 6.92 Å². The van der Waals surface area contributed by atoms with E-state index in [-0.39, 0.29) is 36.8 Å². The standard InChI is InChI=1S/C13H15ClN2O5S/c1-2-21-13(18)10-3-4-15-6-11(10)16-7-9(5-12(16)17)8-22(14,19)20/h3-4,6,9H,2,5,7-8H2,1H3. The van der Waals surface area contributed by atoms with E-state index in [1.165, 1.54) is 23.4 Å². The van der Waals surface area contributed by atoms with Crippen molar-refractivity contribution in [3.05, 3.63) is 24.0 Å². The third kappa shape index (κ3) is 3.95. The van der Waals surface area contributed by atoms with Gasteiger partial charge in [0.25, 0.3) is 0 Å². The molecule has 1 fully saturated rings. The van der Waals surface area contributed by atoms with E-state index in [0.29, 0.717) is 5.69 Å². The molecule has 0 saturated carbocycles. The van der Waals surface area contributed by atoms with E-state index in [4.69, 9.17) is 15.4 Å². The lowest BCUT2D eigenvalue weighted by molar-refractivity contribution is -0.117. The molecule has 22 heavy (non-hydrogen) atoms. The molecule has 9 heteroatoms. The number of ether oxygens (including phenoxy) is 1. The fourth-order valence-corrected chi connectivity index (χ4v) is 3.71. The highest BCUT2D eigenvalue weighted by molar-refractivity contribution is 8.13. The van der Waals surface area contributed by atoms with Gasteiger partial charge in [-0.2, -0.15) is 0 Å². The predicted octanol–water partition coefficient (Wildman–Crippen LogP) is 1.18. The van der Waals surface area contributed by atoms with Crippen LogP contribution in [0.15, 0.2) is 18.5 Å². The summed E-state index contributed by atoms with van der Waals surface area (Å²) in [6.45, 7) is 2.06. The summed E-state index contributed by atoms with van der Waals surface area (Å²) in [4.78, 5) is 29.3. The molecule has 0 bridgehead atoms. The largest absolute Gasteiger partial charge is 0.462 e. The monoisotopic (exact) mass is 346 g/mol. The highest BCUT2D eigenvalue weighted by atomic mass is 35.7. The zero-order valence-electron chi connectivity index (χ0n) is 11.9. The lowest BCUT2D eigenvalue weighted by atomic mass is 10.1. The molecule has 0 radical (unpaired) electrons. The normalized spacial score (nSPS) is 18.5. The van der Waals surface area contributed by atoms with E-state index in [0.717, 1.165) is 0 Å². The zero-order valence-corrected chi connectivity index (χ0v) is 13.4. The highest BCUT2D eigenvalue weighted by Crippen LogP contribution is 2.29. The molecular formula is C13H15ClN2O5S. The topological polar surface area (TPSA) is 93.6 Å². The molecule has 1 atom stereocenters. The Labute approximate surface area is 132 Å². The predicted molar refractivity (Wildman–Crippen MR) is 80.3 cm³/mol. The number of amides is 1. The van der Waals surface area contributed by atoms with Crippen molar-refractivity contribution in [2.24, 2.45) is 5.92 Å². The summed E-state index contributed by atoms with van der Waals surface area (Å²) in [6, 6.07) is 1.46. The average molecular weight is 347 g/mol. The second kappa shape index (κ2) is 6.62. The Morgan fingerprint density at radius 3 is 2.91 bits per heavy atom. The number of carbonyl (C=O) groups excluding carboxylic acids is 2. The summed E-state index contributed by atoms with van der Waals surface area (Å²) in [5, 5.41) is 0. The van der Waals surface area contributed by atoms with Crippen LogP contribution in [0.25, 0.3) is 0 Å². The van der Waals surface area contributed by atoms with Crippen LogP contribution in [0.3, 0.4) is 0 Å². The molecule has 120 valence electrons. The van der Waals surface area contributed by atoms with Gasteiger partial charge in [-0.25, -0.2) is 13.2 Å². The number of hydrogen-bond acceptors (Lipinski definition) is 6. The highest BCUT2D eigenvalue weighted by Gasteiger charge is 2.35. The molecule has 0 N–H and O–H groups in total. The summed E-state index contributed by atoms with van der Waals surface area (Å²) >= 11 is 0. The van der Waals surface area contributed by atoms with E-state index >= 15 is 0 Å². The molecule has 2 heterocycles. The Morgan fingerprint density at radius 1 is 1.55 bits per heavy atom. The number of halogens is 1. The molecule has 1 aliphatic rings. The van der Waals surface area contributed by atoms with Gasteiger partial charge in [-0.3, -0.25) is 9.78 Å². The molecule has 2 rings (SSSR count). The smallest absolute Gasteiger partial charge is 0.340 e. The van der Waals surface area contributed by atoms with Gasteiger partial charge in [0, 0.05) is 35.8 Å².